The normalized spacial score (nSPS) is 18.3. The van der Waals surface area contributed by atoms with Gasteiger partial charge in [-0.1, -0.05) is 91.2 Å². The third kappa shape index (κ3) is 5.65. The molecular weight excluding hydrogens is 490 g/mol. The molecule has 0 spiro atoms. The molecule has 1 fully saturated rings. The molecule has 2 unspecified atom stereocenters. The van der Waals surface area contributed by atoms with Gasteiger partial charge in [0.25, 0.3) is 5.91 Å². The number of hydrogen-bond donors (Lipinski definition) is 1. The predicted molar refractivity (Wildman–Crippen MR) is 140 cm³/mol. The van der Waals surface area contributed by atoms with Gasteiger partial charge in [-0.2, -0.15) is 0 Å². The molecule has 2 atom stereocenters. The topological polar surface area (TPSA) is 76.1 Å². The first-order chi connectivity index (χ1) is 18.0. The monoisotopic (exact) mass is 519 g/mol. The van der Waals surface area contributed by atoms with Gasteiger partial charge in [-0.15, -0.1) is 0 Å². The lowest BCUT2D eigenvalue weighted by Gasteiger charge is -2.37. The molecule has 1 saturated carbocycles. The summed E-state index contributed by atoms with van der Waals surface area (Å²) in [6.45, 7) is 0.448. The third-order valence-corrected chi connectivity index (χ3v) is 7.47. The number of carbonyl (C=O) groups is 2. The lowest BCUT2D eigenvalue weighted by molar-refractivity contribution is -0.160. The van der Waals surface area contributed by atoms with Crippen LogP contribution in [0.1, 0.15) is 54.0 Å². The van der Waals surface area contributed by atoms with E-state index < -0.39 is 18.1 Å². The Morgan fingerprint density at radius 3 is 2.32 bits per heavy atom. The maximum atomic E-state index is 14.0. The minimum atomic E-state index is -1.07. The molecule has 0 bridgehead atoms. The largest absolute Gasteiger partial charge is 0.487 e. The van der Waals surface area contributed by atoms with Crippen molar-refractivity contribution in [3.63, 3.8) is 0 Å². The van der Waals surface area contributed by atoms with Crippen LogP contribution in [0.15, 0.2) is 72.8 Å². The van der Waals surface area contributed by atoms with Crippen LogP contribution in [-0.4, -0.2) is 34.0 Å². The average Bonchev–Trinajstić information content (AvgIpc) is 3.44. The molecule has 5 rings (SSSR count). The van der Waals surface area contributed by atoms with E-state index in [9.17, 15) is 14.7 Å². The highest BCUT2D eigenvalue weighted by Crippen LogP contribution is 2.39. The molecule has 192 valence electrons. The molecule has 3 aromatic carbocycles. The molecule has 37 heavy (non-hydrogen) atoms. The Labute approximate surface area is 221 Å². The molecule has 7 heteroatoms. The van der Waals surface area contributed by atoms with Gasteiger partial charge in [-0.3, -0.25) is 4.79 Å². The minimum absolute atomic E-state index is 0.00805. The van der Waals surface area contributed by atoms with Crippen molar-refractivity contribution in [2.45, 2.75) is 63.5 Å². The number of halogens is 1. The van der Waals surface area contributed by atoms with Crippen molar-refractivity contribution in [2.24, 2.45) is 0 Å². The summed E-state index contributed by atoms with van der Waals surface area (Å²) in [6, 6.07) is 21.6. The number of carbonyl (C=O) groups excluding carboxylic acids is 1. The number of aliphatic carboxylic acids is 1. The van der Waals surface area contributed by atoms with Gasteiger partial charge in [0, 0.05) is 18.5 Å². The van der Waals surface area contributed by atoms with Crippen LogP contribution in [-0.2, 0) is 33.9 Å². The molecule has 1 heterocycles. The van der Waals surface area contributed by atoms with Crippen LogP contribution >= 0.6 is 11.6 Å². The molecule has 6 nitrogen and oxygen atoms in total. The Bertz CT molecular complexity index is 1240. The second kappa shape index (κ2) is 11.4. The van der Waals surface area contributed by atoms with Gasteiger partial charge in [0.2, 0.25) is 0 Å². The van der Waals surface area contributed by atoms with Crippen LogP contribution in [0.2, 0.25) is 5.02 Å². The van der Waals surface area contributed by atoms with E-state index in [2.05, 4.69) is 0 Å². The van der Waals surface area contributed by atoms with Gasteiger partial charge in [0.15, 0.2) is 6.10 Å². The van der Waals surface area contributed by atoms with Crippen molar-refractivity contribution in [1.82, 2.24) is 4.90 Å². The molecule has 0 radical (unpaired) electrons. The van der Waals surface area contributed by atoms with E-state index in [0.29, 0.717) is 17.4 Å². The molecular formula is C30H30ClNO5. The summed E-state index contributed by atoms with van der Waals surface area (Å²) in [5.74, 6) is -0.929. The summed E-state index contributed by atoms with van der Waals surface area (Å²) in [4.78, 5) is 27.8. The Balaban J connectivity index is 1.44. The quantitative estimate of drug-likeness (QED) is 0.397. The van der Waals surface area contributed by atoms with E-state index in [0.717, 1.165) is 47.9 Å². The number of carboxylic acids is 1. The smallest absolute Gasteiger partial charge is 0.326 e. The highest BCUT2D eigenvalue weighted by atomic mass is 35.5. The summed E-state index contributed by atoms with van der Waals surface area (Å²) in [7, 11) is 0. The van der Waals surface area contributed by atoms with E-state index in [1.807, 2.05) is 66.7 Å². The zero-order valence-corrected chi connectivity index (χ0v) is 21.3. The van der Waals surface area contributed by atoms with Crippen LogP contribution in [0.5, 0.6) is 5.75 Å². The lowest BCUT2D eigenvalue weighted by Crippen LogP contribution is -2.50. The molecule has 1 amide bonds. The number of nitrogens with zero attached hydrogens (tertiary/aromatic N) is 1. The molecule has 1 N–H and O–H groups in total. The number of benzene rings is 3. The standard InChI is InChI=1S/C30H30ClNO5/c31-25-16-15-22-18-32(29(33)27(21-11-5-2-6-12-21)37-23-13-7-8-14-23)26(30(34)35)17-24(22)28(25)36-19-20-9-3-1-4-10-20/h1-6,9-12,15-16,23,26-27H,7-8,13-14,17-19H2,(H,34,35). The maximum absolute atomic E-state index is 14.0. The lowest BCUT2D eigenvalue weighted by atomic mass is 9.92. The molecule has 1 aliphatic carbocycles. The van der Waals surface area contributed by atoms with Crippen molar-refractivity contribution < 1.29 is 24.2 Å². The van der Waals surface area contributed by atoms with E-state index in [1.165, 1.54) is 4.90 Å². The fourth-order valence-corrected chi connectivity index (χ4v) is 5.45. The van der Waals surface area contributed by atoms with Gasteiger partial charge in [-0.05, 0) is 35.6 Å². The molecule has 0 saturated heterocycles. The van der Waals surface area contributed by atoms with Crippen LogP contribution in [0, 0.1) is 0 Å². The molecule has 3 aromatic rings. The van der Waals surface area contributed by atoms with Crippen LogP contribution in [0.3, 0.4) is 0 Å². The Hall–Kier alpha value is -3.35. The summed E-state index contributed by atoms with van der Waals surface area (Å²) in [6.07, 6.45) is 3.19. The second-order valence-electron chi connectivity index (χ2n) is 9.65. The Kier molecular flexibility index (Phi) is 7.77. The van der Waals surface area contributed by atoms with Crippen molar-refractivity contribution in [3.05, 3.63) is 100 Å². The van der Waals surface area contributed by atoms with Crippen LogP contribution < -0.4 is 4.74 Å². The fraction of sp³-hybridized carbons (Fsp3) is 0.333. The number of fused-ring (bicyclic) bond motifs is 1. The van der Waals surface area contributed by atoms with Crippen molar-refractivity contribution in [2.75, 3.05) is 0 Å². The van der Waals surface area contributed by atoms with Crippen molar-refractivity contribution in [1.29, 1.82) is 0 Å². The molecule has 0 aromatic heterocycles. The summed E-state index contributed by atoms with van der Waals surface area (Å²) >= 11 is 6.51. The van der Waals surface area contributed by atoms with E-state index >= 15 is 0 Å². The fourth-order valence-electron chi connectivity index (χ4n) is 5.22. The first-order valence-electron chi connectivity index (χ1n) is 12.7. The number of rotatable bonds is 8. The highest BCUT2D eigenvalue weighted by molar-refractivity contribution is 6.32. The first kappa shape index (κ1) is 25.3. The predicted octanol–water partition coefficient (Wildman–Crippen LogP) is 5.96. The number of hydrogen-bond acceptors (Lipinski definition) is 4. The van der Waals surface area contributed by atoms with E-state index in [-0.39, 0.29) is 25.0 Å². The van der Waals surface area contributed by atoms with Crippen molar-refractivity contribution in [3.8, 4) is 5.75 Å². The van der Waals surface area contributed by atoms with Gasteiger partial charge in [-0.25, -0.2) is 4.79 Å². The van der Waals surface area contributed by atoms with Gasteiger partial charge < -0.3 is 19.5 Å². The second-order valence-corrected chi connectivity index (χ2v) is 10.1. The van der Waals surface area contributed by atoms with Gasteiger partial charge >= 0.3 is 5.97 Å². The van der Waals surface area contributed by atoms with Gasteiger partial charge in [0.1, 0.15) is 18.4 Å². The average molecular weight is 520 g/mol. The van der Waals surface area contributed by atoms with Crippen LogP contribution in [0.4, 0.5) is 0 Å². The van der Waals surface area contributed by atoms with E-state index in [1.54, 1.807) is 6.07 Å². The Morgan fingerprint density at radius 1 is 0.973 bits per heavy atom. The van der Waals surface area contributed by atoms with Crippen LogP contribution in [0.25, 0.3) is 0 Å². The Morgan fingerprint density at radius 2 is 1.65 bits per heavy atom. The SMILES string of the molecule is O=C(O)C1Cc2c(ccc(Cl)c2OCc2ccccc2)CN1C(=O)C(OC1CCCC1)c1ccccc1. The molecule has 1 aliphatic heterocycles. The highest BCUT2D eigenvalue weighted by Gasteiger charge is 2.40. The van der Waals surface area contributed by atoms with Crippen molar-refractivity contribution >= 4 is 23.5 Å². The summed E-state index contributed by atoms with van der Waals surface area (Å²) in [5.41, 5.74) is 3.27. The number of amides is 1. The molecule has 2 aliphatic rings. The maximum Gasteiger partial charge on any atom is 0.326 e. The summed E-state index contributed by atoms with van der Waals surface area (Å²) in [5, 5.41) is 10.6. The number of carboxylic acid groups (broad SMARTS) is 1. The summed E-state index contributed by atoms with van der Waals surface area (Å²) < 4.78 is 12.4. The van der Waals surface area contributed by atoms with Gasteiger partial charge in [0.05, 0.1) is 11.1 Å². The third-order valence-electron chi connectivity index (χ3n) is 7.18. The number of ether oxygens (including phenoxy) is 2. The minimum Gasteiger partial charge on any atom is -0.487 e. The zero-order chi connectivity index (χ0) is 25.8. The first-order valence-corrected chi connectivity index (χ1v) is 13.1. The van der Waals surface area contributed by atoms with E-state index in [4.69, 9.17) is 21.1 Å². The zero-order valence-electron chi connectivity index (χ0n) is 20.5.